The van der Waals surface area contributed by atoms with Crippen molar-refractivity contribution in [3.63, 3.8) is 0 Å². The molecular formula is C33H35F2N7O2. The number of nitriles is 1. The van der Waals surface area contributed by atoms with Crippen LogP contribution < -0.4 is 9.64 Å². The summed E-state index contributed by atoms with van der Waals surface area (Å²) >= 11 is 0. The summed E-state index contributed by atoms with van der Waals surface area (Å²) < 4.78 is 36.5. The van der Waals surface area contributed by atoms with Crippen molar-refractivity contribution in [1.29, 1.82) is 5.26 Å². The third kappa shape index (κ3) is 4.85. The van der Waals surface area contributed by atoms with Crippen LogP contribution in [0.3, 0.4) is 0 Å². The van der Waals surface area contributed by atoms with Gasteiger partial charge in [0.2, 0.25) is 0 Å². The SMILES string of the molecule is C=C(F)C(=O)N1CCN(c2nc(OC[C@@H]3CCCN3C)nc3c(F)c(-c4cccc5c4CCC54CC4)ncc23)C[C@@H]1CC#N. The van der Waals surface area contributed by atoms with Gasteiger partial charge in [0.15, 0.2) is 11.6 Å². The number of hydrogen-bond acceptors (Lipinski definition) is 8. The molecule has 3 aromatic rings. The van der Waals surface area contributed by atoms with Crippen molar-refractivity contribution in [2.75, 3.05) is 44.7 Å². The monoisotopic (exact) mass is 599 g/mol. The molecule has 0 radical (unpaired) electrons. The number of nitrogens with zero attached hydrogens (tertiary/aromatic N) is 7. The van der Waals surface area contributed by atoms with Gasteiger partial charge < -0.3 is 19.4 Å². The molecule has 1 aromatic carbocycles. The number of halogens is 2. The van der Waals surface area contributed by atoms with Crippen LogP contribution in [0.15, 0.2) is 36.8 Å². The molecule has 0 bridgehead atoms. The van der Waals surface area contributed by atoms with Crippen molar-refractivity contribution in [2.24, 2.45) is 0 Å². The van der Waals surface area contributed by atoms with Crippen molar-refractivity contribution >= 4 is 22.6 Å². The molecule has 11 heteroatoms. The van der Waals surface area contributed by atoms with Crippen LogP contribution in [0.25, 0.3) is 22.2 Å². The van der Waals surface area contributed by atoms with Gasteiger partial charge in [-0.3, -0.25) is 9.78 Å². The van der Waals surface area contributed by atoms with Gasteiger partial charge in [-0.1, -0.05) is 24.8 Å². The van der Waals surface area contributed by atoms with Crippen molar-refractivity contribution in [1.82, 2.24) is 24.8 Å². The number of carbonyl (C=O) groups excluding carboxylic acids is 1. The third-order valence-corrected chi connectivity index (χ3v) is 10.0. The Bertz CT molecular complexity index is 1700. The molecule has 0 N–H and O–H groups in total. The first-order valence-electron chi connectivity index (χ1n) is 15.4. The molecule has 0 unspecified atom stereocenters. The number of ether oxygens (including phenoxy) is 1. The number of fused-ring (bicyclic) bond motifs is 3. The largest absolute Gasteiger partial charge is 0.462 e. The van der Waals surface area contributed by atoms with E-state index in [1.54, 1.807) is 6.20 Å². The molecule has 228 valence electrons. The van der Waals surface area contributed by atoms with Crippen LogP contribution >= 0.6 is 0 Å². The predicted octanol–water partition coefficient (Wildman–Crippen LogP) is 4.70. The Morgan fingerprint density at radius 1 is 1.20 bits per heavy atom. The summed E-state index contributed by atoms with van der Waals surface area (Å²) in [6, 6.07) is 7.86. The van der Waals surface area contributed by atoms with E-state index in [-0.39, 0.29) is 54.7 Å². The standard InChI is InChI=1S/C33H35F2N7O2/c1-20(34)31(43)42-16-15-41(18-21(42)9-13-36)30-25-17-37-28(24-6-3-7-26-23(24)8-10-33(26)11-12-33)27(35)29(25)38-32(39-30)44-19-22-5-4-14-40(22)2/h3,6-7,17,21-22H,1,4-5,8-12,14-16,18-19H2,2H3/t21-,22-/m0/s1. The van der Waals surface area contributed by atoms with Gasteiger partial charge in [-0.2, -0.15) is 15.2 Å². The molecule has 7 rings (SSSR count). The van der Waals surface area contributed by atoms with E-state index in [0.29, 0.717) is 17.8 Å². The van der Waals surface area contributed by atoms with Crippen molar-refractivity contribution in [2.45, 2.75) is 62.4 Å². The zero-order valence-electron chi connectivity index (χ0n) is 24.9. The summed E-state index contributed by atoms with van der Waals surface area (Å²) in [5.41, 5.74) is 3.90. The summed E-state index contributed by atoms with van der Waals surface area (Å²) in [4.78, 5) is 31.9. The Labute approximate surface area is 255 Å². The second kappa shape index (κ2) is 11.1. The maximum Gasteiger partial charge on any atom is 0.319 e. The Hall–Kier alpha value is -4.17. The molecule has 2 saturated heterocycles. The van der Waals surface area contributed by atoms with Gasteiger partial charge in [0, 0.05) is 37.4 Å². The minimum atomic E-state index is -1.07. The number of pyridine rings is 1. The number of rotatable bonds is 7. The van der Waals surface area contributed by atoms with Crippen LogP contribution in [-0.2, 0) is 16.6 Å². The average molecular weight is 600 g/mol. The van der Waals surface area contributed by atoms with Crippen LogP contribution in [0.1, 0.15) is 49.7 Å². The lowest BCUT2D eigenvalue weighted by molar-refractivity contribution is -0.131. The lowest BCUT2D eigenvalue weighted by Crippen LogP contribution is -2.55. The summed E-state index contributed by atoms with van der Waals surface area (Å²) in [6.07, 6.45) is 8.01. The highest BCUT2D eigenvalue weighted by Crippen LogP contribution is 2.58. The quantitative estimate of drug-likeness (QED) is 0.361. The summed E-state index contributed by atoms with van der Waals surface area (Å²) in [6.45, 7) is 5.13. The van der Waals surface area contributed by atoms with E-state index in [9.17, 15) is 14.4 Å². The van der Waals surface area contributed by atoms with Crippen LogP contribution in [0.5, 0.6) is 6.01 Å². The second-order valence-electron chi connectivity index (χ2n) is 12.6. The number of piperazine rings is 1. The topological polar surface area (TPSA) is 98.5 Å². The van der Waals surface area contributed by atoms with E-state index < -0.39 is 23.6 Å². The predicted molar refractivity (Wildman–Crippen MR) is 161 cm³/mol. The molecule has 2 aliphatic heterocycles. The van der Waals surface area contributed by atoms with Crippen molar-refractivity contribution in [3.8, 4) is 23.3 Å². The van der Waals surface area contributed by atoms with E-state index in [2.05, 4.69) is 40.6 Å². The molecule has 9 nitrogen and oxygen atoms in total. The second-order valence-corrected chi connectivity index (χ2v) is 12.6. The molecule has 1 amide bonds. The van der Waals surface area contributed by atoms with E-state index in [1.807, 2.05) is 17.0 Å². The highest BCUT2D eigenvalue weighted by molar-refractivity contribution is 5.93. The molecule has 2 aliphatic carbocycles. The summed E-state index contributed by atoms with van der Waals surface area (Å²) in [7, 11) is 2.05. The Kier molecular flexibility index (Phi) is 7.20. The van der Waals surface area contributed by atoms with Gasteiger partial charge in [0.25, 0.3) is 5.91 Å². The fourth-order valence-electron chi connectivity index (χ4n) is 7.37. The lowest BCUT2D eigenvalue weighted by atomic mass is 9.95. The number of anilines is 1. The molecular weight excluding hydrogens is 564 g/mol. The Morgan fingerprint density at radius 2 is 2.05 bits per heavy atom. The third-order valence-electron chi connectivity index (χ3n) is 10.0. The van der Waals surface area contributed by atoms with E-state index >= 15 is 4.39 Å². The number of benzene rings is 1. The Balaban J connectivity index is 1.29. The minimum absolute atomic E-state index is 0.00667. The number of likely N-dealkylation sites (N-methyl/N-ethyl adjacent to an activating group) is 1. The molecule has 3 fully saturated rings. The molecule has 4 heterocycles. The van der Waals surface area contributed by atoms with Gasteiger partial charge >= 0.3 is 6.01 Å². The molecule has 2 atom stereocenters. The summed E-state index contributed by atoms with van der Waals surface area (Å²) in [5.74, 6) is -2.02. The van der Waals surface area contributed by atoms with Gasteiger partial charge in [-0.15, -0.1) is 0 Å². The van der Waals surface area contributed by atoms with Gasteiger partial charge in [-0.25, -0.2) is 8.78 Å². The molecule has 44 heavy (non-hydrogen) atoms. The number of hydrogen-bond donors (Lipinski definition) is 0. The molecule has 1 saturated carbocycles. The van der Waals surface area contributed by atoms with Crippen molar-refractivity contribution in [3.05, 3.63) is 53.7 Å². The van der Waals surface area contributed by atoms with Gasteiger partial charge in [-0.05, 0) is 68.7 Å². The first-order valence-corrected chi connectivity index (χ1v) is 15.4. The van der Waals surface area contributed by atoms with Crippen LogP contribution in [0.4, 0.5) is 14.6 Å². The normalized spacial score (nSPS) is 22.3. The maximum atomic E-state index is 16.6. The van der Waals surface area contributed by atoms with Crippen molar-refractivity contribution < 1.29 is 18.3 Å². The Morgan fingerprint density at radius 3 is 2.77 bits per heavy atom. The fourth-order valence-corrected chi connectivity index (χ4v) is 7.37. The van der Waals surface area contributed by atoms with Crippen LogP contribution in [0, 0.1) is 17.1 Å². The molecule has 2 aromatic heterocycles. The zero-order chi connectivity index (χ0) is 30.6. The fraction of sp³-hybridized carbons (Fsp3) is 0.485. The number of aromatic nitrogens is 3. The molecule has 4 aliphatic rings. The minimum Gasteiger partial charge on any atom is -0.462 e. The summed E-state index contributed by atoms with van der Waals surface area (Å²) in [5, 5.41) is 9.88. The smallest absolute Gasteiger partial charge is 0.319 e. The van der Waals surface area contributed by atoms with E-state index in [0.717, 1.165) is 37.8 Å². The highest BCUT2D eigenvalue weighted by atomic mass is 19.1. The molecule has 1 spiro atoms. The van der Waals surface area contributed by atoms with Crippen LogP contribution in [-0.4, -0.2) is 82.6 Å². The van der Waals surface area contributed by atoms with Gasteiger partial charge in [0.1, 0.15) is 23.6 Å². The highest BCUT2D eigenvalue weighted by Gasteiger charge is 2.49. The van der Waals surface area contributed by atoms with E-state index in [1.165, 1.54) is 28.9 Å². The number of carbonyl (C=O) groups is 1. The van der Waals surface area contributed by atoms with Crippen LogP contribution in [0.2, 0.25) is 0 Å². The van der Waals surface area contributed by atoms with E-state index in [4.69, 9.17) is 9.72 Å². The lowest BCUT2D eigenvalue weighted by Gasteiger charge is -2.41. The first-order chi connectivity index (χ1) is 21.3. The average Bonchev–Trinajstić information content (AvgIpc) is 3.56. The maximum absolute atomic E-state index is 16.6. The number of likely N-dealkylation sites (tertiary alicyclic amines) is 1. The van der Waals surface area contributed by atoms with Gasteiger partial charge in [0.05, 0.1) is 23.9 Å². The number of amides is 1. The first kappa shape index (κ1) is 28.6. The zero-order valence-corrected chi connectivity index (χ0v) is 24.9.